The molecule has 3 nitrogen and oxygen atoms in total. The molecule has 0 bridgehead atoms. The van der Waals surface area contributed by atoms with Crippen LogP contribution in [0.5, 0.6) is 0 Å². The molecule has 0 aliphatic rings. The van der Waals surface area contributed by atoms with Gasteiger partial charge in [-0.1, -0.05) is 40.9 Å². The molecule has 2 aromatic carbocycles. The molecular formula is C16H15Cl3N2O. The van der Waals surface area contributed by atoms with Crippen molar-refractivity contribution in [1.82, 2.24) is 5.32 Å². The number of benzene rings is 2. The number of rotatable bonds is 6. The molecule has 0 radical (unpaired) electrons. The van der Waals surface area contributed by atoms with E-state index in [4.69, 9.17) is 34.8 Å². The first-order valence-electron chi connectivity index (χ1n) is 6.74. The first-order valence-corrected chi connectivity index (χ1v) is 7.88. The van der Waals surface area contributed by atoms with Gasteiger partial charge in [0.25, 0.3) is 0 Å². The van der Waals surface area contributed by atoms with Gasteiger partial charge in [0.15, 0.2) is 0 Å². The SMILES string of the molecule is O=C(CNCCc1ccc(Cl)cc1Cl)Nc1ccc(Cl)cc1. The molecule has 6 heteroatoms. The van der Waals surface area contributed by atoms with Crippen LogP contribution in [-0.2, 0) is 11.2 Å². The van der Waals surface area contributed by atoms with Crippen LogP contribution in [0.2, 0.25) is 15.1 Å². The van der Waals surface area contributed by atoms with Crippen LogP contribution in [0.4, 0.5) is 5.69 Å². The molecule has 0 heterocycles. The number of anilines is 1. The third-order valence-corrected chi connectivity index (χ3v) is 3.84. The second kappa shape index (κ2) is 8.39. The van der Waals surface area contributed by atoms with Crippen molar-refractivity contribution in [2.45, 2.75) is 6.42 Å². The minimum Gasteiger partial charge on any atom is -0.325 e. The molecule has 1 amide bonds. The van der Waals surface area contributed by atoms with E-state index >= 15 is 0 Å². The summed E-state index contributed by atoms with van der Waals surface area (Å²) in [7, 11) is 0. The highest BCUT2D eigenvalue weighted by molar-refractivity contribution is 6.35. The molecule has 0 fully saturated rings. The fourth-order valence-electron chi connectivity index (χ4n) is 1.89. The van der Waals surface area contributed by atoms with Crippen LogP contribution in [0.25, 0.3) is 0 Å². The predicted molar refractivity (Wildman–Crippen MR) is 93.1 cm³/mol. The smallest absolute Gasteiger partial charge is 0.238 e. The van der Waals surface area contributed by atoms with Gasteiger partial charge in [-0.05, 0) is 54.9 Å². The number of nitrogens with one attached hydrogen (secondary N) is 2. The van der Waals surface area contributed by atoms with Gasteiger partial charge in [0.2, 0.25) is 5.91 Å². The first-order chi connectivity index (χ1) is 10.5. The lowest BCUT2D eigenvalue weighted by Gasteiger charge is -2.08. The van der Waals surface area contributed by atoms with Gasteiger partial charge in [-0.15, -0.1) is 0 Å². The second-order valence-electron chi connectivity index (χ2n) is 4.72. The molecule has 116 valence electrons. The maximum atomic E-state index is 11.8. The number of carbonyl (C=O) groups excluding carboxylic acids is 1. The molecule has 0 aromatic heterocycles. The maximum absolute atomic E-state index is 11.8. The summed E-state index contributed by atoms with van der Waals surface area (Å²) in [5.74, 6) is -0.107. The van der Waals surface area contributed by atoms with Gasteiger partial charge in [0, 0.05) is 20.8 Å². The minimum atomic E-state index is -0.107. The van der Waals surface area contributed by atoms with Gasteiger partial charge in [-0.25, -0.2) is 0 Å². The van der Waals surface area contributed by atoms with Gasteiger partial charge >= 0.3 is 0 Å². The van der Waals surface area contributed by atoms with Crippen LogP contribution in [0.15, 0.2) is 42.5 Å². The van der Waals surface area contributed by atoms with Gasteiger partial charge in [-0.3, -0.25) is 4.79 Å². The number of amides is 1. The summed E-state index contributed by atoms with van der Waals surface area (Å²) in [6.45, 7) is 0.878. The van der Waals surface area contributed by atoms with Crippen molar-refractivity contribution in [3.63, 3.8) is 0 Å². The molecule has 2 N–H and O–H groups in total. The minimum absolute atomic E-state index is 0.107. The van der Waals surface area contributed by atoms with Gasteiger partial charge in [-0.2, -0.15) is 0 Å². The van der Waals surface area contributed by atoms with Crippen LogP contribution in [-0.4, -0.2) is 19.0 Å². The van der Waals surface area contributed by atoms with E-state index in [9.17, 15) is 4.79 Å². The van der Waals surface area contributed by atoms with Crippen molar-refractivity contribution < 1.29 is 4.79 Å². The van der Waals surface area contributed by atoms with Crippen LogP contribution < -0.4 is 10.6 Å². The Morgan fingerprint density at radius 3 is 2.32 bits per heavy atom. The van der Waals surface area contributed by atoms with E-state index < -0.39 is 0 Å². The second-order valence-corrected chi connectivity index (χ2v) is 6.00. The Hall–Kier alpha value is -1.26. The molecule has 0 spiro atoms. The van der Waals surface area contributed by atoms with E-state index in [0.29, 0.717) is 21.6 Å². The van der Waals surface area contributed by atoms with E-state index in [1.807, 2.05) is 6.07 Å². The lowest BCUT2D eigenvalue weighted by Crippen LogP contribution is -2.29. The predicted octanol–water partition coefficient (Wildman–Crippen LogP) is 4.42. The molecule has 22 heavy (non-hydrogen) atoms. The summed E-state index contributed by atoms with van der Waals surface area (Å²) >= 11 is 17.7. The van der Waals surface area contributed by atoms with Gasteiger partial charge < -0.3 is 10.6 Å². The molecule has 0 unspecified atom stereocenters. The highest BCUT2D eigenvalue weighted by Gasteiger charge is 2.04. The summed E-state index contributed by atoms with van der Waals surface area (Å²) in [6, 6.07) is 12.4. The van der Waals surface area contributed by atoms with E-state index in [0.717, 1.165) is 17.7 Å². The Morgan fingerprint density at radius 2 is 1.64 bits per heavy atom. The Balaban J connectivity index is 1.72. The Morgan fingerprint density at radius 1 is 0.955 bits per heavy atom. The number of hydrogen-bond acceptors (Lipinski definition) is 2. The quantitative estimate of drug-likeness (QED) is 0.752. The molecule has 0 saturated carbocycles. The number of halogens is 3. The van der Waals surface area contributed by atoms with E-state index in [-0.39, 0.29) is 12.5 Å². The van der Waals surface area contributed by atoms with Gasteiger partial charge in [0.05, 0.1) is 6.54 Å². The average Bonchev–Trinajstić information content (AvgIpc) is 2.48. The highest BCUT2D eigenvalue weighted by Crippen LogP contribution is 2.21. The largest absolute Gasteiger partial charge is 0.325 e. The molecular weight excluding hydrogens is 343 g/mol. The van der Waals surface area contributed by atoms with Crippen molar-refractivity contribution in [3.8, 4) is 0 Å². The van der Waals surface area contributed by atoms with Crippen LogP contribution in [0.1, 0.15) is 5.56 Å². The zero-order valence-corrected chi connectivity index (χ0v) is 14.0. The topological polar surface area (TPSA) is 41.1 Å². The van der Waals surface area contributed by atoms with E-state index in [1.165, 1.54) is 0 Å². The summed E-state index contributed by atoms with van der Waals surface area (Å²) in [4.78, 5) is 11.8. The Bertz CT molecular complexity index is 644. The van der Waals surface area contributed by atoms with Crippen LogP contribution >= 0.6 is 34.8 Å². The van der Waals surface area contributed by atoms with Crippen molar-refractivity contribution in [3.05, 3.63) is 63.1 Å². The van der Waals surface area contributed by atoms with Crippen molar-refractivity contribution in [1.29, 1.82) is 0 Å². The van der Waals surface area contributed by atoms with Crippen LogP contribution in [0.3, 0.4) is 0 Å². The fourth-order valence-corrected chi connectivity index (χ4v) is 2.52. The zero-order valence-electron chi connectivity index (χ0n) is 11.7. The number of hydrogen-bond donors (Lipinski definition) is 2. The van der Waals surface area contributed by atoms with Crippen molar-refractivity contribution in [2.24, 2.45) is 0 Å². The van der Waals surface area contributed by atoms with E-state index in [2.05, 4.69) is 10.6 Å². The highest BCUT2D eigenvalue weighted by atomic mass is 35.5. The van der Waals surface area contributed by atoms with Crippen molar-refractivity contribution >= 4 is 46.4 Å². The van der Waals surface area contributed by atoms with Crippen LogP contribution in [0, 0.1) is 0 Å². The fraction of sp³-hybridized carbons (Fsp3) is 0.188. The third-order valence-electron chi connectivity index (χ3n) is 3.00. The van der Waals surface area contributed by atoms with Gasteiger partial charge in [0.1, 0.15) is 0 Å². The first kappa shape index (κ1) is 17.1. The molecule has 2 rings (SSSR count). The molecule has 2 aromatic rings. The monoisotopic (exact) mass is 356 g/mol. The lowest BCUT2D eigenvalue weighted by molar-refractivity contribution is -0.115. The lowest BCUT2D eigenvalue weighted by atomic mass is 10.1. The zero-order chi connectivity index (χ0) is 15.9. The summed E-state index contributed by atoms with van der Waals surface area (Å²) < 4.78 is 0. The molecule has 0 aliphatic carbocycles. The standard InChI is InChI=1S/C16H15Cl3N2O/c17-12-3-5-14(6-4-12)21-16(22)10-20-8-7-11-1-2-13(18)9-15(11)19/h1-6,9,20H,7-8,10H2,(H,21,22). The molecule has 0 atom stereocenters. The summed E-state index contributed by atoms with van der Waals surface area (Å²) in [6.07, 6.45) is 0.726. The van der Waals surface area contributed by atoms with E-state index in [1.54, 1.807) is 36.4 Å². The molecule has 0 aliphatic heterocycles. The Kier molecular flexibility index (Phi) is 6.52. The third kappa shape index (κ3) is 5.50. The summed E-state index contributed by atoms with van der Waals surface area (Å²) in [5.41, 5.74) is 1.72. The normalized spacial score (nSPS) is 10.5. The molecule has 0 saturated heterocycles. The number of carbonyl (C=O) groups is 1. The van der Waals surface area contributed by atoms with Crippen molar-refractivity contribution in [2.75, 3.05) is 18.4 Å². The Labute approximate surface area is 144 Å². The average molecular weight is 358 g/mol. The maximum Gasteiger partial charge on any atom is 0.238 e. The summed E-state index contributed by atoms with van der Waals surface area (Å²) in [5, 5.41) is 7.75.